The fourth-order valence-electron chi connectivity index (χ4n) is 1.31. The minimum Gasteiger partial charge on any atom is -0.285 e. The SMILES string of the molecule is CN(C)N=Nc1cccc2cccnc12. The maximum absolute atomic E-state index is 4.29. The zero-order valence-corrected chi connectivity index (χ0v) is 8.75. The van der Waals surface area contributed by atoms with Crippen LogP contribution in [0.25, 0.3) is 10.9 Å². The van der Waals surface area contributed by atoms with Crippen LogP contribution in [-0.4, -0.2) is 24.1 Å². The van der Waals surface area contributed by atoms with Crippen LogP contribution in [0.4, 0.5) is 5.69 Å². The highest BCUT2D eigenvalue weighted by Crippen LogP contribution is 2.23. The molecular formula is C11H12N4. The number of nitrogens with zero attached hydrogens (tertiary/aromatic N) is 4. The topological polar surface area (TPSA) is 40.9 Å². The van der Waals surface area contributed by atoms with Crippen LogP contribution < -0.4 is 0 Å². The molecule has 0 radical (unpaired) electrons. The molecule has 4 heteroatoms. The third kappa shape index (κ3) is 2.10. The van der Waals surface area contributed by atoms with Crippen molar-refractivity contribution in [1.82, 2.24) is 9.99 Å². The first kappa shape index (κ1) is 9.58. The standard InChI is InChI=1S/C11H12N4/c1-15(2)14-13-10-7-3-5-9-6-4-8-12-11(9)10/h3-8H,1-2H3. The molecule has 2 rings (SSSR count). The second-order valence-electron chi connectivity index (χ2n) is 3.39. The van der Waals surface area contributed by atoms with E-state index in [4.69, 9.17) is 0 Å². The normalized spacial score (nSPS) is 11.1. The lowest BCUT2D eigenvalue weighted by Crippen LogP contribution is -1.98. The Labute approximate surface area is 88.2 Å². The lowest BCUT2D eigenvalue weighted by atomic mass is 10.2. The van der Waals surface area contributed by atoms with Gasteiger partial charge in [0.15, 0.2) is 0 Å². The highest BCUT2D eigenvalue weighted by Gasteiger charge is 1.99. The zero-order chi connectivity index (χ0) is 10.7. The Morgan fingerprint density at radius 3 is 2.73 bits per heavy atom. The minimum absolute atomic E-state index is 0.793. The predicted molar refractivity (Wildman–Crippen MR) is 59.9 cm³/mol. The number of hydrogen-bond donors (Lipinski definition) is 0. The maximum Gasteiger partial charge on any atom is 0.114 e. The van der Waals surface area contributed by atoms with E-state index < -0.39 is 0 Å². The third-order valence-corrected chi connectivity index (χ3v) is 1.94. The molecule has 2 aromatic rings. The monoisotopic (exact) mass is 200 g/mol. The number of hydrogen-bond acceptors (Lipinski definition) is 3. The number of pyridine rings is 1. The predicted octanol–water partition coefficient (Wildman–Crippen LogP) is 2.80. The van der Waals surface area contributed by atoms with Crippen LogP contribution in [0, 0.1) is 0 Å². The van der Waals surface area contributed by atoms with Crippen molar-refractivity contribution in [2.45, 2.75) is 0 Å². The average Bonchev–Trinajstić information content (AvgIpc) is 2.26. The molecule has 0 bridgehead atoms. The summed E-state index contributed by atoms with van der Waals surface area (Å²) in [5, 5.41) is 10.8. The van der Waals surface area contributed by atoms with E-state index in [1.807, 2.05) is 44.4 Å². The molecule has 1 aromatic heterocycles. The largest absolute Gasteiger partial charge is 0.285 e. The molecule has 0 saturated carbocycles. The molecule has 0 aliphatic carbocycles. The van der Waals surface area contributed by atoms with E-state index in [0.29, 0.717) is 0 Å². The van der Waals surface area contributed by atoms with Crippen molar-refractivity contribution < 1.29 is 0 Å². The molecule has 0 aliphatic rings. The van der Waals surface area contributed by atoms with Crippen LogP contribution >= 0.6 is 0 Å². The van der Waals surface area contributed by atoms with Gasteiger partial charge in [-0.2, -0.15) is 0 Å². The van der Waals surface area contributed by atoms with Crippen molar-refractivity contribution in [3.05, 3.63) is 36.5 Å². The fraction of sp³-hybridized carbons (Fsp3) is 0.182. The summed E-state index contributed by atoms with van der Waals surface area (Å²) in [6.07, 6.45) is 1.76. The Morgan fingerprint density at radius 1 is 1.13 bits per heavy atom. The second-order valence-corrected chi connectivity index (χ2v) is 3.39. The van der Waals surface area contributed by atoms with Gasteiger partial charge in [0.1, 0.15) is 5.69 Å². The number of fused-ring (bicyclic) bond motifs is 1. The van der Waals surface area contributed by atoms with E-state index in [1.165, 1.54) is 0 Å². The van der Waals surface area contributed by atoms with Crippen LogP contribution in [0.15, 0.2) is 46.9 Å². The van der Waals surface area contributed by atoms with E-state index >= 15 is 0 Å². The van der Waals surface area contributed by atoms with Crippen molar-refractivity contribution in [3.63, 3.8) is 0 Å². The Hall–Kier alpha value is -1.97. The summed E-state index contributed by atoms with van der Waals surface area (Å²) in [6.45, 7) is 0. The second kappa shape index (κ2) is 4.04. The molecular weight excluding hydrogens is 188 g/mol. The first-order chi connectivity index (χ1) is 7.27. The van der Waals surface area contributed by atoms with Crippen LogP contribution in [0.5, 0.6) is 0 Å². The van der Waals surface area contributed by atoms with E-state index in [9.17, 15) is 0 Å². The Kier molecular flexibility index (Phi) is 2.58. The molecule has 0 N–H and O–H groups in total. The van der Waals surface area contributed by atoms with Crippen LogP contribution in [0.2, 0.25) is 0 Å². The van der Waals surface area contributed by atoms with E-state index in [1.54, 1.807) is 11.2 Å². The highest BCUT2D eigenvalue weighted by atomic mass is 15.5. The van der Waals surface area contributed by atoms with Gasteiger partial charge >= 0.3 is 0 Å². The van der Waals surface area contributed by atoms with Crippen molar-refractivity contribution in [2.24, 2.45) is 10.3 Å². The quantitative estimate of drug-likeness (QED) is 0.552. The fourth-order valence-corrected chi connectivity index (χ4v) is 1.31. The Balaban J connectivity index is 2.51. The summed E-state index contributed by atoms with van der Waals surface area (Å²) >= 11 is 0. The van der Waals surface area contributed by atoms with Gasteiger partial charge in [-0.3, -0.25) is 9.99 Å². The lowest BCUT2D eigenvalue weighted by molar-refractivity contribution is 0.408. The van der Waals surface area contributed by atoms with Crippen LogP contribution in [0.1, 0.15) is 0 Å². The van der Waals surface area contributed by atoms with Gasteiger partial charge in [-0.05, 0) is 12.1 Å². The smallest absolute Gasteiger partial charge is 0.114 e. The first-order valence-corrected chi connectivity index (χ1v) is 4.70. The molecule has 0 aliphatic heterocycles. The Bertz CT molecular complexity index is 485. The molecule has 76 valence electrons. The average molecular weight is 200 g/mol. The number of para-hydroxylation sites is 1. The molecule has 0 atom stereocenters. The van der Waals surface area contributed by atoms with Gasteiger partial charge in [0.2, 0.25) is 0 Å². The van der Waals surface area contributed by atoms with E-state index in [-0.39, 0.29) is 0 Å². The molecule has 15 heavy (non-hydrogen) atoms. The summed E-state index contributed by atoms with van der Waals surface area (Å²) in [6, 6.07) is 9.79. The summed E-state index contributed by atoms with van der Waals surface area (Å²) in [5.41, 5.74) is 1.67. The Morgan fingerprint density at radius 2 is 1.93 bits per heavy atom. The van der Waals surface area contributed by atoms with Crippen molar-refractivity contribution in [3.8, 4) is 0 Å². The van der Waals surface area contributed by atoms with Crippen LogP contribution in [0.3, 0.4) is 0 Å². The third-order valence-electron chi connectivity index (χ3n) is 1.94. The highest BCUT2D eigenvalue weighted by molar-refractivity contribution is 5.88. The molecule has 1 aromatic carbocycles. The van der Waals surface area contributed by atoms with Crippen molar-refractivity contribution in [2.75, 3.05) is 14.1 Å². The van der Waals surface area contributed by atoms with Gasteiger partial charge in [0, 0.05) is 25.7 Å². The molecule has 0 saturated heterocycles. The molecule has 0 unspecified atom stereocenters. The van der Waals surface area contributed by atoms with Crippen LogP contribution in [-0.2, 0) is 0 Å². The molecule has 4 nitrogen and oxygen atoms in total. The summed E-state index contributed by atoms with van der Waals surface area (Å²) in [5.74, 6) is 0. The minimum atomic E-state index is 0.793. The maximum atomic E-state index is 4.29. The summed E-state index contributed by atoms with van der Waals surface area (Å²) < 4.78 is 0. The van der Waals surface area contributed by atoms with Gasteiger partial charge in [0.25, 0.3) is 0 Å². The van der Waals surface area contributed by atoms with Gasteiger partial charge in [-0.15, -0.1) is 5.11 Å². The summed E-state index contributed by atoms with van der Waals surface area (Å²) in [4.78, 5) is 4.29. The van der Waals surface area contributed by atoms with Crippen molar-refractivity contribution >= 4 is 16.6 Å². The van der Waals surface area contributed by atoms with Crippen molar-refractivity contribution in [1.29, 1.82) is 0 Å². The van der Waals surface area contributed by atoms with Gasteiger partial charge in [-0.25, -0.2) is 0 Å². The van der Waals surface area contributed by atoms with E-state index in [2.05, 4.69) is 15.3 Å². The van der Waals surface area contributed by atoms with Gasteiger partial charge < -0.3 is 0 Å². The molecule has 1 heterocycles. The number of aromatic nitrogens is 1. The lowest BCUT2D eigenvalue weighted by Gasteiger charge is -2.02. The first-order valence-electron chi connectivity index (χ1n) is 4.70. The summed E-state index contributed by atoms with van der Waals surface area (Å²) in [7, 11) is 3.67. The molecule has 0 fully saturated rings. The molecule has 0 spiro atoms. The van der Waals surface area contributed by atoms with E-state index in [0.717, 1.165) is 16.6 Å². The zero-order valence-electron chi connectivity index (χ0n) is 8.75. The van der Waals surface area contributed by atoms with Gasteiger partial charge in [0.05, 0.1) is 5.52 Å². The number of benzene rings is 1. The van der Waals surface area contributed by atoms with Gasteiger partial charge in [-0.1, -0.05) is 23.4 Å². The molecule has 0 amide bonds. The number of rotatable bonds is 2.